The fourth-order valence-electron chi connectivity index (χ4n) is 3.98. The number of piperidine rings is 1. The Bertz CT molecular complexity index is 1240. The van der Waals surface area contributed by atoms with Crippen LogP contribution in [-0.2, 0) is 21.4 Å². The van der Waals surface area contributed by atoms with E-state index in [0.717, 1.165) is 8.39 Å². The van der Waals surface area contributed by atoms with Crippen LogP contribution in [0.3, 0.4) is 0 Å². The van der Waals surface area contributed by atoms with Crippen LogP contribution in [0.15, 0.2) is 24.3 Å². The molecule has 2 aromatic rings. The highest BCUT2D eigenvalue weighted by Crippen LogP contribution is 2.33. The van der Waals surface area contributed by atoms with Gasteiger partial charge in [0.15, 0.2) is 5.69 Å². The van der Waals surface area contributed by atoms with Crippen molar-refractivity contribution in [2.24, 2.45) is 0 Å². The maximum absolute atomic E-state index is 13.2. The fourth-order valence-corrected chi connectivity index (χ4v) is 5.12. The van der Waals surface area contributed by atoms with Crippen LogP contribution >= 0.6 is 11.6 Å². The molecule has 2 heterocycles. The molecule has 1 aliphatic rings. The van der Waals surface area contributed by atoms with E-state index in [1.807, 2.05) is 0 Å². The topological polar surface area (TPSA) is 134 Å². The van der Waals surface area contributed by atoms with E-state index < -0.39 is 27.9 Å². The van der Waals surface area contributed by atoms with E-state index in [-0.39, 0.29) is 36.1 Å². The number of carbonyl (C=O) groups is 2. The van der Waals surface area contributed by atoms with Gasteiger partial charge in [0, 0.05) is 50.2 Å². The van der Waals surface area contributed by atoms with Crippen LogP contribution in [0.4, 0.5) is 10.6 Å². The monoisotopic (exact) mass is 541 g/mol. The molecular weight excluding hydrogens is 510 g/mol. The predicted octanol–water partition coefficient (Wildman–Crippen LogP) is 2.97. The molecule has 1 aliphatic heterocycles. The number of nitrogens with one attached hydrogen (secondary N) is 1. The number of aromatic carboxylic acids is 1. The van der Waals surface area contributed by atoms with Gasteiger partial charge in [0.1, 0.15) is 11.4 Å². The van der Waals surface area contributed by atoms with E-state index in [4.69, 9.17) is 16.3 Å². The lowest BCUT2D eigenvalue weighted by atomic mass is 10.0. The molecular formula is C23H32ClN5O6S. The Morgan fingerprint density at radius 1 is 1.28 bits per heavy atom. The number of benzene rings is 1. The second-order valence-corrected chi connectivity index (χ2v) is 12.2. The highest BCUT2D eigenvalue weighted by Gasteiger charge is 2.35. The Hall–Kier alpha value is -2.83. The van der Waals surface area contributed by atoms with Crippen molar-refractivity contribution in [3.8, 4) is 0 Å². The van der Waals surface area contributed by atoms with E-state index >= 15 is 0 Å². The molecule has 1 fully saturated rings. The number of carbonyl (C=O) groups excluding carboxylic acids is 1. The Labute approximate surface area is 216 Å². The summed E-state index contributed by atoms with van der Waals surface area (Å²) < 4.78 is 33.5. The largest absolute Gasteiger partial charge is 0.476 e. The van der Waals surface area contributed by atoms with E-state index in [2.05, 4.69) is 10.4 Å². The van der Waals surface area contributed by atoms with Gasteiger partial charge in [-0.25, -0.2) is 9.59 Å². The molecule has 0 spiro atoms. The van der Waals surface area contributed by atoms with Crippen LogP contribution in [0.25, 0.3) is 0 Å². The van der Waals surface area contributed by atoms with Gasteiger partial charge in [0.25, 0.3) is 0 Å². The number of hydrogen-bond acceptors (Lipinski definition) is 7. The number of nitrogens with zero attached hydrogens (tertiary/aromatic N) is 4. The van der Waals surface area contributed by atoms with E-state index in [9.17, 15) is 23.1 Å². The number of halogens is 1. The summed E-state index contributed by atoms with van der Waals surface area (Å²) in [6, 6.07) is 6.60. The first-order valence-corrected chi connectivity index (χ1v) is 13.2. The van der Waals surface area contributed by atoms with Gasteiger partial charge in [0.2, 0.25) is 0 Å². The molecule has 1 amide bonds. The highest BCUT2D eigenvalue weighted by molar-refractivity contribution is 7.87. The second kappa shape index (κ2) is 10.7. The Balaban J connectivity index is 2.08. The summed E-state index contributed by atoms with van der Waals surface area (Å²) in [6.45, 7) is 5.97. The van der Waals surface area contributed by atoms with Gasteiger partial charge in [-0.05, 0) is 45.2 Å². The number of anilines is 1. The fraction of sp³-hybridized carbons (Fsp3) is 0.522. The van der Waals surface area contributed by atoms with Gasteiger partial charge >= 0.3 is 22.3 Å². The van der Waals surface area contributed by atoms with Gasteiger partial charge in [-0.2, -0.15) is 12.7 Å². The molecule has 2 N–H and O–H groups in total. The van der Waals surface area contributed by atoms with Crippen molar-refractivity contribution in [3.05, 3.63) is 46.1 Å². The first kappa shape index (κ1) is 27.8. The summed E-state index contributed by atoms with van der Waals surface area (Å²) in [7, 11) is -1.48. The zero-order valence-corrected chi connectivity index (χ0v) is 22.6. The molecule has 0 aliphatic carbocycles. The van der Waals surface area contributed by atoms with Gasteiger partial charge in [-0.1, -0.05) is 29.8 Å². The van der Waals surface area contributed by atoms with Gasteiger partial charge in [0.05, 0.1) is 0 Å². The maximum Gasteiger partial charge on any atom is 0.407 e. The van der Waals surface area contributed by atoms with Crippen molar-refractivity contribution in [2.45, 2.75) is 51.7 Å². The van der Waals surface area contributed by atoms with Gasteiger partial charge in [-0.3, -0.25) is 0 Å². The minimum atomic E-state index is -4.17. The zero-order valence-electron chi connectivity index (χ0n) is 21.0. The molecule has 1 aromatic heterocycles. The Morgan fingerprint density at radius 3 is 2.53 bits per heavy atom. The van der Waals surface area contributed by atoms with Crippen LogP contribution in [0.5, 0.6) is 0 Å². The van der Waals surface area contributed by atoms with Crippen molar-refractivity contribution in [1.29, 1.82) is 0 Å². The lowest BCUT2D eigenvalue weighted by Gasteiger charge is -2.35. The lowest BCUT2D eigenvalue weighted by molar-refractivity contribution is 0.0499. The summed E-state index contributed by atoms with van der Waals surface area (Å²) in [5, 5.41) is 17.2. The van der Waals surface area contributed by atoms with E-state index in [1.165, 1.54) is 14.1 Å². The third kappa shape index (κ3) is 6.29. The minimum absolute atomic E-state index is 0.0558. The molecule has 0 unspecified atom stereocenters. The molecule has 11 nitrogen and oxygen atoms in total. The number of hydrogen-bond donors (Lipinski definition) is 2. The number of rotatable bonds is 7. The Kier molecular flexibility index (Phi) is 8.21. The molecule has 0 radical (unpaired) electrons. The summed E-state index contributed by atoms with van der Waals surface area (Å²) >= 11 is 6.35. The number of aromatic nitrogens is 2. The molecule has 3 rings (SSSR count). The summed E-state index contributed by atoms with van der Waals surface area (Å²) in [5.74, 6) is -1.22. The van der Waals surface area contributed by atoms with E-state index in [1.54, 1.807) is 49.9 Å². The van der Waals surface area contributed by atoms with Crippen molar-refractivity contribution < 1.29 is 27.9 Å². The quantitative estimate of drug-likeness (QED) is 0.546. The molecule has 13 heteroatoms. The second-order valence-electron chi connectivity index (χ2n) is 9.79. The molecule has 1 aromatic carbocycles. The van der Waals surface area contributed by atoms with Crippen molar-refractivity contribution in [3.63, 3.8) is 0 Å². The van der Waals surface area contributed by atoms with Crippen LogP contribution in [0.1, 0.15) is 55.2 Å². The van der Waals surface area contributed by atoms with Crippen molar-refractivity contribution in [1.82, 2.24) is 18.8 Å². The standard InChI is InChI=1S/C23H32ClN5O6S/c1-23(2,3)35-22(32)25-16-10-8-12-28(14-16)20-17(13-15-9-6-7-11-18(15)24)19(21(30)31)26-29(20)36(33,34)27(4)5/h6-7,9,11,16H,8,10,12-14H2,1-5H3,(H,25,32)(H,30,31)/t16-/m0/s1. The molecule has 0 saturated carbocycles. The third-order valence-electron chi connectivity index (χ3n) is 5.58. The molecule has 36 heavy (non-hydrogen) atoms. The number of ether oxygens (including phenoxy) is 1. The SMILES string of the molecule is CN(C)S(=O)(=O)n1nc(C(=O)O)c(Cc2ccccc2Cl)c1N1CCC[C@H](NC(=O)OC(C)(C)C)C1. The number of carboxylic acid groups (broad SMARTS) is 1. The number of alkyl carbamates (subject to hydrolysis) is 1. The van der Waals surface area contributed by atoms with Crippen LogP contribution in [0.2, 0.25) is 5.02 Å². The Morgan fingerprint density at radius 2 is 1.94 bits per heavy atom. The smallest absolute Gasteiger partial charge is 0.407 e. The summed E-state index contributed by atoms with van der Waals surface area (Å²) in [6.07, 6.45) is 0.754. The van der Waals surface area contributed by atoms with Gasteiger partial charge < -0.3 is 20.1 Å². The first-order valence-electron chi connectivity index (χ1n) is 11.5. The first-order chi connectivity index (χ1) is 16.7. The predicted molar refractivity (Wildman–Crippen MR) is 136 cm³/mol. The zero-order chi connectivity index (χ0) is 26.8. The van der Waals surface area contributed by atoms with Crippen molar-refractivity contribution in [2.75, 3.05) is 32.1 Å². The molecule has 1 saturated heterocycles. The van der Waals surface area contributed by atoms with Crippen LogP contribution in [-0.4, -0.2) is 77.9 Å². The average molecular weight is 542 g/mol. The maximum atomic E-state index is 13.2. The third-order valence-corrected chi connectivity index (χ3v) is 7.56. The number of carboxylic acids is 1. The van der Waals surface area contributed by atoms with E-state index in [0.29, 0.717) is 30.0 Å². The summed E-state index contributed by atoms with van der Waals surface area (Å²) in [4.78, 5) is 26.3. The lowest BCUT2D eigenvalue weighted by Crippen LogP contribution is -2.50. The molecule has 1 atom stereocenters. The van der Waals surface area contributed by atoms with Crippen molar-refractivity contribution >= 4 is 39.7 Å². The normalized spacial score (nSPS) is 16.8. The molecule has 0 bridgehead atoms. The minimum Gasteiger partial charge on any atom is -0.476 e. The molecule has 198 valence electrons. The number of amides is 1. The van der Waals surface area contributed by atoms with Crippen LogP contribution < -0.4 is 10.2 Å². The van der Waals surface area contributed by atoms with Crippen LogP contribution in [0, 0.1) is 0 Å². The van der Waals surface area contributed by atoms with Gasteiger partial charge in [-0.15, -0.1) is 9.19 Å². The summed E-state index contributed by atoms with van der Waals surface area (Å²) in [5.41, 5.74) is -0.198. The average Bonchev–Trinajstić information content (AvgIpc) is 3.14. The highest BCUT2D eigenvalue weighted by atomic mass is 35.5.